The van der Waals surface area contributed by atoms with Crippen LogP contribution in [-0.2, 0) is 19.4 Å². The van der Waals surface area contributed by atoms with Crippen LogP contribution in [0.1, 0.15) is 44.8 Å². The van der Waals surface area contributed by atoms with E-state index in [0.717, 1.165) is 51.1 Å². The molecule has 31 heavy (non-hydrogen) atoms. The first-order valence-corrected chi connectivity index (χ1v) is 12.1. The summed E-state index contributed by atoms with van der Waals surface area (Å²) in [6.45, 7) is 0.520. The van der Waals surface area contributed by atoms with Crippen LogP contribution in [0.25, 0.3) is 0 Å². The summed E-state index contributed by atoms with van der Waals surface area (Å²) in [6.07, 6.45) is 6.16. The minimum Gasteiger partial charge on any atom is -0.377 e. The normalized spacial score (nSPS) is 13.3. The van der Waals surface area contributed by atoms with Crippen LogP contribution in [0, 0.1) is 0 Å². The molecule has 0 unspecified atom stereocenters. The number of aliphatic imine (C=N–C) groups is 1. The van der Waals surface area contributed by atoms with Gasteiger partial charge in [-0.05, 0) is 70.4 Å². The smallest absolute Gasteiger partial charge is 0.254 e. The Hall–Kier alpha value is -2.44. The van der Waals surface area contributed by atoms with Crippen molar-refractivity contribution in [1.82, 2.24) is 5.32 Å². The number of carbonyl (C=O) groups excluding carboxylic acids is 1. The van der Waals surface area contributed by atoms with Gasteiger partial charge in [-0.15, -0.1) is 11.3 Å². The lowest BCUT2D eigenvalue weighted by atomic mass is 9.95. The molecule has 6 heteroatoms. The van der Waals surface area contributed by atoms with Crippen molar-refractivity contribution >= 4 is 50.1 Å². The average Bonchev–Trinajstić information content (AvgIpc) is 3.15. The maximum atomic E-state index is 13.2. The fraction of sp³-hybridized carbons (Fsp3) is 0.280. The molecule has 4 rings (SSSR count). The van der Waals surface area contributed by atoms with Gasteiger partial charge in [0.2, 0.25) is 0 Å². The van der Waals surface area contributed by atoms with Crippen LogP contribution in [0.5, 0.6) is 0 Å². The van der Waals surface area contributed by atoms with Crippen molar-refractivity contribution in [2.45, 2.75) is 32.2 Å². The molecule has 0 aliphatic heterocycles. The second kappa shape index (κ2) is 9.79. The molecule has 1 aliphatic carbocycles. The molecule has 160 valence electrons. The molecule has 1 heterocycles. The molecule has 1 aliphatic rings. The third-order valence-electron chi connectivity index (χ3n) is 5.46. The molecule has 4 nitrogen and oxygen atoms in total. The zero-order chi connectivity index (χ0) is 21.8. The molecule has 0 radical (unpaired) electrons. The van der Waals surface area contributed by atoms with Crippen LogP contribution in [0.4, 0.5) is 10.7 Å². The number of carbonyl (C=O) groups is 1. The lowest BCUT2D eigenvalue weighted by Gasteiger charge is -2.14. The maximum absolute atomic E-state index is 13.2. The highest BCUT2D eigenvalue weighted by atomic mass is 79.9. The van der Waals surface area contributed by atoms with E-state index in [1.165, 1.54) is 16.9 Å². The Bertz CT molecular complexity index is 1110. The molecule has 2 aromatic carbocycles. The SMILES string of the molecule is CN(C)c1ccc(C=Nc2sc3c(c2C(=O)NCc2ccccc2)CCCC3)cc1Br. The third kappa shape index (κ3) is 5.08. The predicted molar refractivity (Wildman–Crippen MR) is 134 cm³/mol. The number of thiophene rings is 1. The van der Waals surface area contributed by atoms with Gasteiger partial charge in [-0.2, -0.15) is 0 Å². The van der Waals surface area contributed by atoms with E-state index in [-0.39, 0.29) is 5.91 Å². The second-order valence-electron chi connectivity index (χ2n) is 7.92. The molecule has 1 N–H and O–H groups in total. The van der Waals surface area contributed by atoms with E-state index in [4.69, 9.17) is 4.99 Å². The van der Waals surface area contributed by atoms with Crippen LogP contribution in [0.2, 0.25) is 0 Å². The quantitative estimate of drug-likeness (QED) is 0.417. The Labute approximate surface area is 196 Å². The highest BCUT2D eigenvalue weighted by Crippen LogP contribution is 2.40. The Balaban J connectivity index is 1.60. The summed E-state index contributed by atoms with van der Waals surface area (Å²) in [6, 6.07) is 16.2. The summed E-state index contributed by atoms with van der Waals surface area (Å²) in [5.41, 5.74) is 5.16. The van der Waals surface area contributed by atoms with Crippen LogP contribution in [0.15, 0.2) is 58.0 Å². The van der Waals surface area contributed by atoms with E-state index in [1.54, 1.807) is 11.3 Å². The lowest BCUT2D eigenvalue weighted by molar-refractivity contribution is 0.0951. The molecule has 0 fully saturated rings. The van der Waals surface area contributed by atoms with Gasteiger partial charge in [-0.3, -0.25) is 4.79 Å². The van der Waals surface area contributed by atoms with E-state index in [9.17, 15) is 4.79 Å². The van der Waals surface area contributed by atoms with E-state index in [2.05, 4.69) is 38.3 Å². The van der Waals surface area contributed by atoms with Gasteiger partial charge < -0.3 is 10.2 Å². The molecule has 1 aromatic heterocycles. The zero-order valence-electron chi connectivity index (χ0n) is 17.8. The number of anilines is 1. The fourth-order valence-corrected chi connectivity index (χ4v) is 5.82. The van der Waals surface area contributed by atoms with Crippen molar-refractivity contribution in [3.05, 3.63) is 80.1 Å². The Kier molecular flexibility index (Phi) is 6.88. The molecule has 1 amide bonds. The minimum absolute atomic E-state index is 0.0282. The Morgan fingerprint density at radius 3 is 2.68 bits per heavy atom. The molecule has 3 aromatic rings. The van der Waals surface area contributed by atoms with E-state index >= 15 is 0 Å². The summed E-state index contributed by atoms with van der Waals surface area (Å²) in [4.78, 5) is 21.3. The van der Waals surface area contributed by atoms with Crippen LogP contribution in [0.3, 0.4) is 0 Å². The summed E-state index contributed by atoms with van der Waals surface area (Å²) in [7, 11) is 4.04. The van der Waals surface area contributed by atoms with Gasteiger partial charge in [-0.25, -0.2) is 4.99 Å². The summed E-state index contributed by atoms with van der Waals surface area (Å²) < 4.78 is 1.02. The predicted octanol–water partition coefficient (Wildman–Crippen LogP) is 6.14. The van der Waals surface area contributed by atoms with Gasteiger partial charge in [0, 0.05) is 36.2 Å². The van der Waals surface area contributed by atoms with Crippen molar-refractivity contribution < 1.29 is 4.79 Å². The fourth-order valence-electron chi connectivity index (χ4n) is 3.84. The number of nitrogens with one attached hydrogen (secondary N) is 1. The summed E-state index contributed by atoms with van der Waals surface area (Å²) in [5, 5.41) is 3.91. The molecule has 0 saturated carbocycles. The highest BCUT2D eigenvalue weighted by molar-refractivity contribution is 9.10. The van der Waals surface area contributed by atoms with Crippen LogP contribution >= 0.6 is 27.3 Å². The van der Waals surface area contributed by atoms with Crippen molar-refractivity contribution in [3.63, 3.8) is 0 Å². The standard InChI is InChI=1S/C25H26BrN3OS/c1-29(2)21-13-12-18(14-20(21)26)16-28-25-23(19-10-6-7-11-22(19)31-25)24(30)27-15-17-8-4-3-5-9-17/h3-5,8-9,12-14,16H,6-7,10-11,15H2,1-2H3,(H,27,30). The number of fused-ring (bicyclic) bond motifs is 1. The third-order valence-corrected chi connectivity index (χ3v) is 7.30. The summed E-state index contributed by atoms with van der Waals surface area (Å²) in [5.74, 6) is -0.0282. The molecule has 0 bridgehead atoms. The number of hydrogen-bond acceptors (Lipinski definition) is 4. The van der Waals surface area contributed by atoms with Crippen LogP contribution in [-0.4, -0.2) is 26.2 Å². The number of hydrogen-bond donors (Lipinski definition) is 1. The topological polar surface area (TPSA) is 44.7 Å². The summed E-state index contributed by atoms with van der Waals surface area (Å²) >= 11 is 5.30. The monoisotopic (exact) mass is 495 g/mol. The van der Waals surface area contributed by atoms with Crippen LogP contribution < -0.4 is 10.2 Å². The van der Waals surface area contributed by atoms with Crippen molar-refractivity contribution in [3.8, 4) is 0 Å². The first-order chi connectivity index (χ1) is 15.0. The number of benzene rings is 2. The van der Waals surface area contributed by atoms with Crippen molar-refractivity contribution in [1.29, 1.82) is 0 Å². The van der Waals surface area contributed by atoms with E-state index < -0.39 is 0 Å². The second-order valence-corrected chi connectivity index (χ2v) is 9.86. The first kappa shape index (κ1) is 21.8. The number of halogens is 1. The number of amides is 1. The number of nitrogens with zero attached hydrogens (tertiary/aromatic N) is 2. The van der Waals surface area contributed by atoms with Crippen molar-refractivity contribution in [2.75, 3.05) is 19.0 Å². The first-order valence-electron chi connectivity index (χ1n) is 10.5. The maximum Gasteiger partial charge on any atom is 0.254 e. The van der Waals surface area contributed by atoms with Crippen molar-refractivity contribution in [2.24, 2.45) is 4.99 Å². The Morgan fingerprint density at radius 2 is 1.94 bits per heavy atom. The molecular formula is C25H26BrN3OS. The van der Waals surface area contributed by atoms with E-state index in [0.29, 0.717) is 6.54 Å². The van der Waals surface area contributed by atoms with Gasteiger partial charge in [0.05, 0.1) is 11.3 Å². The van der Waals surface area contributed by atoms with Gasteiger partial charge in [-0.1, -0.05) is 36.4 Å². The van der Waals surface area contributed by atoms with Gasteiger partial charge in [0.25, 0.3) is 5.91 Å². The van der Waals surface area contributed by atoms with Gasteiger partial charge in [0.1, 0.15) is 5.00 Å². The molecule has 0 saturated heterocycles. The molecule has 0 atom stereocenters. The average molecular weight is 496 g/mol. The van der Waals surface area contributed by atoms with E-state index in [1.807, 2.05) is 56.7 Å². The Morgan fingerprint density at radius 1 is 1.16 bits per heavy atom. The number of rotatable bonds is 6. The zero-order valence-corrected chi connectivity index (χ0v) is 20.2. The largest absolute Gasteiger partial charge is 0.377 e. The van der Waals surface area contributed by atoms with Gasteiger partial charge >= 0.3 is 0 Å². The van der Waals surface area contributed by atoms with Gasteiger partial charge in [0.15, 0.2) is 0 Å². The lowest BCUT2D eigenvalue weighted by Crippen LogP contribution is -2.24. The minimum atomic E-state index is -0.0282. The molecular weight excluding hydrogens is 470 g/mol. The highest BCUT2D eigenvalue weighted by Gasteiger charge is 2.25. The molecule has 0 spiro atoms. The number of aryl methyl sites for hydroxylation is 1.